The predicted molar refractivity (Wildman–Crippen MR) is 140 cm³/mol. The standard InChI is InChI=1S/C28H34N4OS/c1-28(2,3)24-18-25(31(4)19-21-11-6-5-7-12-21)30-27(29-24)34-20-22-13-10-14-23(17-22)26(33)32-15-8-9-16-32/h5-7,10-14,17-18H,8-9,15-16,19-20H2,1-4H3. The van der Waals surface area contributed by atoms with E-state index in [4.69, 9.17) is 9.97 Å². The van der Waals surface area contributed by atoms with Crippen molar-refractivity contribution >= 4 is 23.5 Å². The number of hydrogen-bond acceptors (Lipinski definition) is 5. The third-order valence-electron chi connectivity index (χ3n) is 6.05. The average Bonchev–Trinajstić information content (AvgIpc) is 3.37. The summed E-state index contributed by atoms with van der Waals surface area (Å²) in [6, 6.07) is 20.5. The van der Waals surface area contributed by atoms with E-state index in [2.05, 4.69) is 69.1 Å². The molecule has 1 aliphatic heterocycles. The highest BCUT2D eigenvalue weighted by Gasteiger charge is 2.21. The Bertz CT molecular complexity index is 1120. The second kappa shape index (κ2) is 10.6. The molecular formula is C28H34N4OS. The van der Waals surface area contributed by atoms with Crippen molar-refractivity contribution < 1.29 is 4.79 Å². The Kier molecular flexibility index (Phi) is 7.57. The zero-order chi connectivity index (χ0) is 24.1. The SMILES string of the molecule is CN(Cc1ccccc1)c1cc(C(C)(C)C)nc(SCc2cccc(C(=O)N3CCCC3)c2)n1. The fourth-order valence-corrected chi connectivity index (χ4v) is 4.84. The lowest BCUT2D eigenvalue weighted by molar-refractivity contribution is 0.0792. The molecule has 1 aromatic heterocycles. The molecule has 0 atom stereocenters. The van der Waals surface area contributed by atoms with Crippen molar-refractivity contribution in [2.24, 2.45) is 0 Å². The van der Waals surface area contributed by atoms with Gasteiger partial charge in [-0.3, -0.25) is 4.79 Å². The highest BCUT2D eigenvalue weighted by atomic mass is 32.2. The highest BCUT2D eigenvalue weighted by Crippen LogP contribution is 2.29. The number of carbonyl (C=O) groups is 1. The first-order chi connectivity index (χ1) is 16.3. The smallest absolute Gasteiger partial charge is 0.253 e. The fraction of sp³-hybridized carbons (Fsp3) is 0.393. The number of benzene rings is 2. The number of rotatable bonds is 7. The highest BCUT2D eigenvalue weighted by molar-refractivity contribution is 7.98. The molecule has 0 saturated carbocycles. The Balaban J connectivity index is 1.51. The van der Waals surface area contributed by atoms with E-state index in [0.717, 1.165) is 66.0 Å². The molecule has 0 radical (unpaired) electrons. The zero-order valence-corrected chi connectivity index (χ0v) is 21.4. The van der Waals surface area contributed by atoms with Crippen LogP contribution in [0.3, 0.4) is 0 Å². The third kappa shape index (κ3) is 6.17. The average molecular weight is 475 g/mol. The van der Waals surface area contributed by atoms with Crippen molar-refractivity contribution in [3.63, 3.8) is 0 Å². The maximum absolute atomic E-state index is 12.8. The first kappa shape index (κ1) is 24.3. The summed E-state index contributed by atoms with van der Waals surface area (Å²) < 4.78 is 0. The minimum atomic E-state index is -0.0807. The van der Waals surface area contributed by atoms with Crippen molar-refractivity contribution in [1.82, 2.24) is 14.9 Å². The van der Waals surface area contributed by atoms with Crippen LogP contribution < -0.4 is 4.90 Å². The topological polar surface area (TPSA) is 49.3 Å². The maximum Gasteiger partial charge on any atom is 0.253 e. The fourth-order valence-electron chi connectivity index (χ4n) is 4.04. The number of nitrogens with zero attached hydrogens (tertiary/aromatic N) is 4. The van der Waals surface area contributed by atoms with Crippen molar-refractivity contribution in [2.45, 2.75) is 56.5 Å². The monoisotopic (exact) mass is 474 g/mol. The van der Waals surface area contributed by atoms with Crippen LogP contribution in [-0.2, 0) is 17.7 Å². The summed E-state index contributed by atoms with van der Waals surface area (Å²) in [4.78, 5) is 26.7. The van der Waals surface area contributed by atoms with Crippen molar-refractivity contribution in [3.8, 4) is 0 Å². The molecule has 0 bridgehead atoms. The third-order valence-corrected chi connectivity index (χ3v) is 6.97. The van der Waals surface area contributed by atoms with E-state index in [-0.39, 0.29) is 11.3 Å². The lowest BCUT2D eigenvalue weighted by atomic mass is 9.92. The van der Waals surface area contributed by atoms with Gasteiger partial charge >= 0.3 is 0 Å². The normalized spacial score (nSPS) is 13.8. The predicted octanol–water partition coefficient (Wildman–Crippen LogP) is 5.94. The van der Waals surface area contributed by atoms with Crippen LogP contribution in [0.25, 0.3) is 0 Å². The summed E-state index contributed by atoms with van der Waals surface area (Å²) in [5.41, 5.74) is 4.07. The molecule has 1 fully saturated rings. The Morgan fingerprint density at radius 3 is 2.38 bits per heavy atom. The molecule has 5 nitrogen and oxygen atoms in total. The molecule has 178 valence electrons. The molecular weight excluding hydrogens is 440 g/mol. The van der Waals surface area contributed by atoms with Gasteiger partial charge in [0.25, 0.3) is 5.91 Å². The first-order valence-corrected chi connectivity index (χ1v) is 12.9. The first-order valence-electron chi connectivity index (χ1n) is 12.0. The molecule has 1 saturated heterocycles. The molecule has 2 aromatic carbocycles. The van der Waals surface area contributed by atoms with Gasteiger partial charge in [-0.1, -0.05) is 75.0 Å². The Morgan fingerprint density at radius 1 is 0.971 bits per heavy atom. The molecule has 34 heavy (non-hydrogen) atoms. The largest absolute Gasteiger partial charge is 0.355 e. The van der Waals surface area contributed by atoms with Crippen molar-refractivity contribution in [2.75, 3.05) is 25.0 Å². The van der Waals surface area contributed by atoms with Gasteiger partial charge in [-0.05, 0) is 36.1 Å². The quantitative estimate of drug-likeness (QED) is 0.313. The zero-order valence-electron chi connectivity index (χ0n) is 20.6. The van der Waals surface area contributed by atoms with E-state index in [0.29, 0.717) is 0 Å². The van der Waals surface area contributed by atoms with E-state index in [1.807, 2.05) is 29.2 Å². The van der Waals surface area contributed by atoms with Crippen LogP contribution in [0.15, 0.2) is 65.8 Å². The number of carbonyl (C=O) groups excluding carboxylic acids is 1. The Morgan fingerprint density at radius 2 is 1.68 bits per heavy atom. The van der Waals surface area contributed by atoms with Gasteiger partial charge in [0.05, 0.1) is 5.69 Å². The van der Waals surface area contributed by atoms with Crippen LogP contribution in [-0.4, -0.2) is 40.9 Å². The van der Waals surface area contributed by atoms with Gasteiger partial charge in [0.15, 0.2) is 5.16 Å². The molecule has 0 spiro atoms. The van der Waals surface area contributed by atoms with Gasteiger partial charge in [-0.2, -0.15) is 0 Å². The van der Waals surface area contributed by atoms with Gasteiger partial charge < -0.3 is 9.80 Å². The summed E-state index contributed by atoms with van der Waals surface area (Å²) in [6.07, 6.45) is 2.20. The van der Waals surface area contributed by atoms with Crippen LogP contribution in [0.5, 0.6) is 0 Å². The molecule has 3 aromatic rings. The summed E-state index contributed by atoms with van der Waals surface area (Å²) >= 11 is 1.62. The number of hydrogen-bond donors (Lipinski definition) is 0. The minimum absolute atomic E-state index is 0.0807. The molecule has 0 N–H and O–H groups in total. The Labute approximate surface area is 207 Å². The summed E-state index contributed by atoms with van der Waals surface area (Å²) in [5, 5.41) is 0.763. The van der Waals surface area contributed by atoms with Crippen LogP contribution in [0.1, 0.15) is 60.8 Å². The molecule has 4 rings (SSSR count). The lowest BCUT2D eigenvalue weighted by Crippen LogP contribution is -2.27. The van der Waals surface area contributed by atoms with Crippen molar-refractivity contribution in [1.29, 1.82) is 0 Å². The minimum Gasteiger partial charge on any atom is -0.355 e. The van der Waals surface area contributed by atoms with E-state index < -0.39 is 0 Å². The molecule has 6 heteroatoms. The van der Waals surface area contributed by atoms with E-state index in [1.165, 1.54) is 5.56 Å². The number of aromatic nitrogens is 2. The van der Waals surface area contributed by atoms with Gasteiger partial charge in [-0.25, -0.2) is 9.97 Å². The number of thioether (sulfide) groups is 1. The van der Waals surface area contributed by atoms with Crippen LogP contribution >= 0.6 is 11.8 Å². The van der Waals surface area contributed by atoms with Crippen LogP contribution in [0.2, 0.25) is 0 Å². The second-order valence-corrected chi connectivity index (χ2v) is 10.9. The molecule has 0 aliphatic carbocycles. The summed E-state index contributed by atoms with van der Waals surface area (Å²) in [7, 11) is 2.07. The lowest BCUT2D eigenvalue weighted by Gasteiger charge is -2.23. The number of anilines is 1. The van der Waals surface area contributed by atoms with E-state index >= 15 is 0 Å². The number of amides is 1. The molecule has 1 aliphatic rings. The molecule has 1 amide bonds. The maximum atomic E-state index is 12.8. The van der Waals surface area contributed by atoms with Gasteiger partial charge in [0, 0.05) is 49.5 Å². The second-order valence-electron chi connectivity index (χ2n) is 9.97. The van der Waals surface area contributed by atoms with E-state index in [1.54, 1.807) is 11.8 Å². The summed E-state index contributed by atoms with van der Waals surface area (Å²) in [5.74, 6) is 1.78. The van der Waals surface area contributed by atoms with Gasteiger partial charge in [0.1, 0.15) is 5.82 Å². The Hall–Kier alpha value is -2.86. The van der Waals surface area contributed by atoms with E-state index in [9.17, 15) is 4.79 Å². The molecule has 0 unspecified atom stereocenters. The molecule has 2 heterocycles. The van der Waals surface area contributed by atoms with Crippen LogP contribution in [0, 0.1) is 0 Å². The van der Waals surface area contributed by atoms with Crippen molar-refractivity contribution in [3.05, 3.63) is 83.0 Å². The van der Waals surface area contributed by atoms with Gasteiger partial charge in [0.2, 0.25) is 0 Å². The summed E-state index contributed by atoms with van der Waals surface area (Å²) in [6.45, 7) is 9.05. The van der Waals surface area contributed by atoms with Crippen LogP contribution in [0.4, 0.5) is 5.82 Å². The van der Waals surface area contributed by atoms with Gasteiger partial charge in [-0.15, -0.1) is 0 Å². The number of likely N-dealkylation sites (tertiary alicyclic amines) is 1.